The summed E-state index contributed by atoms with van der Waals surface area (Å²) in [4.78, 5) is 29.7. The molecule has 1 aliphatic carbocycles. The van der Waals surface area contributed by atoms with E-state index in [-0.39, 0.29) is 11.9 Å². The predicted octanol–water partition coefficient (Wildman–Crippen LogP) is 3.69. The van der Waals surface area contributed by atoms with Gasteiger partial charge >= 0.3 is 0 Å². The number of aromatic amines is 2. The normalized spacial score (nSPS) is 22.2. The van der Waals surface area contributed by atoms with E-state index in [0.29, 0.717) is 5.65 Å². The van der Waals surface area contributed by atoms with Gasteiger partial charge in [0, 0.05) is 18.3 Å². The van der Waals surface area contributed by atoms with Crippen LogP contribution in [0.2, 0.25) is 0 Å². The van der Waals surface area contributed by atoms with Gasteiger partial charge in [-0.1, -0.05) is 13.3 Å². The zero-order valence-corrected chi connectivity index (χ0v) is 19.5. The molecule has 1 aliphatic heterocycles. The van der Waals surface area contributed by atoms with Crippen molar-refractivity contribution in [3.63, 3.8) is 0 Å². The Balaban J connectivity index is 1.38. The first-order valence-electron chi connectivity index (χ1n) is 11.8. The Kier molecular flexibility index (Phi) is 5.49. The van der Waals surface area contributed by atoms with Crippen molar-refractivity contribution < 1.29 is 4.79 Å². The highest BCUT2D eigenvalue weighted by molar-refractivity contribution is 5.97. The van der Waals surface area contributed by atoms with Crippen LogP contribution in [0.25, 0.3) is 22.7 Å². The monoisotopic (exact) mass is 435 g/mol. The molecule has 3 aromatic heterocycles. The molecule has 0 radical (unpaired) electrons. The second-order valence-corrected chi connectivity index (χ2v) is 9.67. The van der Waals surface area contributed by atoms with Gasteiger partial charge < -0.3 is 9.88 Å². The fourth-order valence-electron chi connectivity index (χ4n) is 4.90. The smallest absolute Gasteiger partial charge is 0.243 e. The predicted molar refractivity (Wildman–Crippen MR) is 125 cm³/mol. The number of piperidine rings is 1. The first-order valence-corrected chi connectivity index (χ1v) is 11.8. The molecular weight excluding hydrogens is 402 g/mol. The molecule has 3 unspecified atom stereocenters. The van der Waals surface area contributed by atoms with E-state index in [1.165, 1.54) is 31.2 Å². The van der Waals surface area contributed by atoms with Crippen LogP contribution in [0.3, 0.4) is 0 Å². The summed E-state index contributed by atoms with van der Waals surface area (Å²) in [6, 6.07) is 1.83. The second kappa shape index (κ2) is 8.31. The number of likely N-dealkylation sites (tertiary alicyclic amines) is 1. The van der Waals surface area contributed by atoms with E-state index in [0.717, 1.165) is 59.8 Å². The maximum Gasteiger partial charge on any atom is 0.243 e. The Morgan fingerprint density at radius 1 is 1.31 bits per heavy atom. The summed E-state index contributed by atoms with van der Waals surface area (Å²) >= 11 is 0. The molecule has 8 nitrogen and oxygen atoms in total. The number of hydrogen-bond donors (Lipinski definition) is 2. The number of hydrogen-bond acceptors (Lipinski definition) is 5. The number of aryl methyl sites for hydroxylation is 1. The van der Waals surface area contributed by atoms with Gasteiger partial charge in [0.1, 0.15) is 5.69 Å². The van der Waals surface area contributed by atoms with Crippen LogP contribution < -0.4 is 4.90 Å². The maximum atomic E-state index is 13.1. The summed E-state index contributed by atoms with van der Waals surface area (Å²) in [5.74, 6) is 2.35. The summed E-state index contributed by atoms with van der Waals surface area (Å²) in [5.41, 5.74) is 5.44. The highest BCUT2D eigenvalue weighted by atomic mass is 16.2. The number of pyridine rings is 1. The van der Waals surface area contributed by atoms with Gasteiger partial charge in [-0.3, -0.25) is 14.8 Å². The van der Waals surface area contributed by atoms with Crippen LogP contribution in [0.4, 0.5) is 5.69 Å². The van der Waals surface area contributed by atoms with Gasteiger partial charge in [-0.15, -0.1) is 0 Å². The SMILES string of the molecule is Cc1[nH]nc(-c2nc3ncc(N(C)C(=O)C(C)N4CCCCC4)cc3[nH]2)c1CC1CC1C. The Labute approximate surface area is 188 Å². The van der Waals surface area contributed by atoms with Gasteiger partial charge in [0.05, 0.1) is 23.4 Å². The molecule has 32 heavy (non-hydrogen) atoms. The van der Waals surface area contributed by atoms with Crippen molar-refractivity contribution in [1.82, 2.24) is 30.0 Å². The molecule has 3 atom stereocenters. The lowest BCUT2D eigenvalue weighted by atomic mass is 10.1. The van der Waals surface area contributed by atoms with Crippen LogP contribution in [-0.4, -0.2) is 62.1 Å². The zero-order chi connectivity index (χ0) is 22.4. The minimum Gasteiger partial charge on any atom is -0.335 e. The number of aromatic nitrogens is 5. The highest BCUT2D eigenvalue weighted by Gasteiger charge is 2.34. The third kappa shape index (κ3) is 3.92. The molecular formula is C24H33N7O. The van der Waals surface area contributed by atoms with Gasteiger partial charge in [0.2, 0.25) is 5.91 Å². The molecule has 5 rings (SSSR count). The standard InChI is InChI=1S/C24H33N7O/c1-14-10-17(14)11-19-15(2)28-29-21(19)23-26-20-12-18(13-25-22(20)27-23)30(4)24(32)16(3)31-8-6-5-7-9-31/h12-14,16-17H,5-11H2,1-4H3,(H,28,29)(H,25,26,27). The third-order valence-electron chi connectivity index (χ3n) is 7.38. The minimum absolute atomic E-state index is 0.0940. The topological polar surface area (TPSA) is 93.8 Å². The number of carbonyl (C=O) groups excluding carboxylic acids is 1. The number of rotatable bonds is 6. The van der Waals surface area contributed by atoms with Crippen molar-refractivity contribution in [3.05, 3.63) is 23.5 Å². The average Bonchev–Trinajstić information content (AvgIpc) is 3.18. The van der Waals surface area contributed by atoms with Crippen molar-refractivity contribution >= 4 is 22.8 Å². The van der Waals surface area contributed by atoms with Gasteiger partial charge in [-0.05, 0) is 70.5 Å². The van der Waals surface area contributed by atoms with E-state index in [2.05, 4.69) is 38.9 Å². The fourth-order valence-corrected chi connectivity index (χ4v) is 4.90. The average molecular weight is 436 g/mol. The molecule has 2 N–H and O–H groups in total. The second-order valence-electron chi connectivity index (χ2n) is 9.67. The lowest BCUT2D eigenvalue weighted by Crippen LogP contribution is -2.47. The molecule has 1 saturated carbocycles. The molecule has 2 fully saturated rings. The lowest BCUT2D eigenvalue weighted by molar-refractivity contribution is -0.123. The molecule has 170 valence electrons. The van der Waals surface area contributed by atoms with Crippen LogP contribution in [0.1, 0.15) is 50.8 Å². The molecule has 3 aromatic rings. The Morgan fingerprint density at radius 2 is 2.06 bits per heavy atom. The number of anilines is 1. The van der Waals surface area contributed by atoms with Crippen LogP contribution in [-0.2, 0) is 11.2 Å². The van der Waals surface area contributed by atoms with Crippen LogP contribution in [0.5, 0.6) is 0 Å². The molecule has 8 heteroatoms. The van der Waals surface area contributed by atoms with E-state index in [9.17, 15) is 4.79 Å². The summed E-state index contributed by atoms with van der Waals surface area (Å²) in [6.45, 7) is 8.37. The quantitative estimate of drug-likeness (QED) is 0.616. The van der Waals surface area contributed by atoms with Gasteiger partial charge in [0.25, 0.3) is 0 Å². The van der Waals surface area contributed by atoms with Crippen LogP contribution in [0.15, 0.2) is 12.3 Å². The molecule has 2 aliphatic rings. The summed E-state index contributed by atoms with van der Waals surface area (Å²) < 4.78 is 0. The zero-order valence-electron chi connectivity index (χ0n) is 19.5. The van der Waals surface area contributed by atoms with Crippen molar-refractivity contribution in [2.45, 2.75) is 58.9 Å². The van der Waals surface area contributed by atoms with Crippen molar-refractivity contribution in [2.24, 2.45) is 11.8 Å². The largest absolute Gasteiger partial charge is 0.335 e. The fraction of sp³-hybridized carbons (Fsp3) is 0.583. The molecule has 0 aromatic carbocycles. The summed E-state index contributed by atoms with van der Waals surface area (Å²) in [6.07, 6.45) is 7.63. The first-order chi connectivity index (χ1) is 15.4. The number of nitrogens with one attached hydrogen (secondary N) is 2. The Bertz CT molecular complexity index is 1130. The number of likely N-dealkylation sites (N-methyl/N-ethyl adjacent to an activating group) is 1. The number of H-pyrrole nitrogens is 2. The molecule has 4 heterocycles. The molecule has 0 spiro atoms. The molecule has 1 saturated heterocycles. The highest BCUT2D eigenvalue weighted by Crippen LogP contribution is 2.42. The number of carbonyl (C=O) groups is 1. The first kappa shape index (κ1) is 21.1. The summed E-state index contributed by atoms with van der Waals surface area (Å²) in [7, 11) is 1.83. The number of nitrogens with zero attached hydrogens (tertiary/aromatic N) is 5. The van der Waals surface area contributed by atoms with Gasteiger partial charge in [-0.2, -0.15) is 5.10 Å². The summed E-state index contributed by atoms with van der Waals surface area (Å²) in [5, 5.41) is 7.66. The minimum atomic E-state index is -0.132. The van der Waals surface area contributed by atoms with E-state index in [4.69, 9.17) is 4.98 Å². The van der Waals surface area contributed by atoms with Crippen LogP contribution in [0, 0.1) is 18.8 Å². The van der Waals surface area contributed by atoms with Gasteiger partial charge in [0.15, 0.2) is 11.5 Å². The molecule has 1 amide bonds. The van der Waals surface area contributed by atoms with Crippen molar-refractivity contribution in [3.8, 4) is 11.5 Å². The van der Waals surface area contributed by atoms with E-state index < -0.39 is 0 Å². The van der Waals surface area contributed by atoms with Crippen molar-refractivity contribution in [2.75, 3.05) is 25.0 Å². The van der Waals surface area contributed by atoms with Crippen LogP contribution >= 0.6 is 0 Å². The number of imidazole rings is 1. The van der Waals surface area contributed by atoms with E-state index in [1.54, 1.807) is 11.1 Å². The van der Waals surface area contributed by atoms with E-state index in [1.807, 2.05) is 20.0 Å². The van der Waals surface area contributed by atoms with E-state index >= 15 is 0 Å². The van der Waals surface area contributed by atoms with Crippen molar-refractivity contribution in [1.29, 1.82) is 0 Å². The number of fused-ring (bicyclic) bond motifs is 1. The third-order valence-corrected chi connectivity index (χ3v) is 7.38. The Hall–Kier alpha value is -2.74. The number of amides is 1. The maximum absolute atomic E-state index is 13.1. The molecule has 0 bridgehead atoms. The lowest BCUT2D eigenvalue weighted by Gasteiger charge is -2.33. The van der Waals surface area contributed by atoms with Gasteiger partial charge in [-0.25, -0.2) is 9.97 Å². The Morgan fingerprint density at radius 3 is 2.78 bits per heavy atom.